The van der Waals surface area contributed by atoms with Gasteiger partial charge in [-0.05, 0) is 26.2 Å². The topological polar surface area (TPSA) is 62.3 Å². The van der Waals surface area contributed by atoms with E-state index in [-0.39, 0.29) is 24.3 Å². The van der Waals surface area contributed by atoms with Crippen LogP contribution in [0.4, 0.5) is 5.13 Å². The first-order chi connectivity index (χ1) is 11.6. The Kier molecular flexibility index (Phi) is 7.69. The van der Waals surface area contributed by atoms with Gasteiger partial charge >= 0.3 is 0 Å². The summed E-state index contributed by atoms with van der Waals surface area (Å²) in [5.74, 6) is 0.122. The standard InChI is InChI=1S/C18H29N3O2S/c1-3-4-8-11-21(17(23)15-9-6-5-7-10-15)12-16(22)20-18-19-14(2)13-24-18/h13,15H,3-12H2,1-2H3,(H,19,20,22). The number of nitrogens with one attached hydrogen (secondary N) is 1. The first-order valence-corrected chi connectivity index (χ1v) is 9.99. The third-order valence-electron chi connectivity index (χ3n) is 4.50. The smallest absolute Gasteiger partial charge is 0.245 e. The van der Waals surface area contributed by atoms with Gasteiger partial charge in [-0.25, -0.2) is 4.98 Å². The van der Waals surface area contributed by atoms with E-state index in [0.29, 0.717) is 11.7 Å². The molecule has 1 N–H and O–H groups in total. The fourth-order valence-electron chi connectivity index (χ4n) is 3.17. The van der Waals surface area contributed by atoms with Gasteiger partial charge in [0.25, 0.3) is 0 Å². The molecule has 0 saturated heterocycles. The van der Waals surface area contributed by atoms with Gasteiger partial charge < -0.3 is 10.2 Å². The molecule has 1 aromatic rings. The second-order valence-corrected chi connectivity index (χ2v) is 7.50. The lowest BCUT2D eigenvalue weighted by Crippen LogP contribution is -2.42. The van der Waals surface area contributed by atoms with Gasteiger partial charge in [0.15, 0.2) is 5.13 Å². The molecule has 0 atom stereocenters. The molecule has 0 bridgehead atoms. The molecule has 0 unspecified atom stereocenters. The van der Waals surface area contributed by atoms with E-state index >= 15 is 0 Å². The fraction of sp³-hybridized carbons (Fsp3) is 0.722. The number of aryl methyl sites for hydroxylation is 1. The second-order valence-electron chi connectivity index (χ2n) is 6.64. The van der Waals surface area contributed by atoms with Crippen molar-refractivity contribution in [3.63, 3.8) is 0 Å². The van der Waals surface area contributed by atoms with Crippen molar-refractivity contribution in [3.8, 4) is 0 Å². The molecule has 1 aromatic heterocycles. The molecule has 2 amide bonds. The van der Waals surface area contributed by atoms with E-state index in [4.69, 9.17) is 0 Å². The van der Waals surface area contributed by atoms with Gasteiger partial charge in [0.05, 0.1) is 12.2 Å². The molecule has 1 saturated carbocycles. The van der Waals surface area contributed by atoms with Crippen molar-refractivity contribution in [3.05, 3.63) is 11.1 Å². The molecule has 1 aliphatic carbocycles. The third-order valence-corrected chi connectivity index (χ3v) is 5.37. The Morgan fingerprint density at radius 1 is 1.29 bits per heavy atom. The van der Waals surface area contributed by atoms with Crippen LogP contribution in [0, 0.1) is 12.8 Å². The zero-order valence-corrected chi connectivity index (χ0v) is 15.7. The van der Waals surface area contributed by atoms with Crippen molar-refractivity contribution in [1.29, 1.82) is 0 Å². The van der Waals surface area contributed by atoms with Gasteiger partial charge in [-0.15, -0.1) is 11.3 Å². The normalized spacial score (nSPS) is 15.2. The number of carbonyl (C=O) groups is 2. The Hall–Kier alpha value is -1.43. The summed E-state index contributed by atoms with van der Waals surface area (Å²) in [5, 5.41) is 5.33. The number of hydrogen-bond acceptors (Lipinski definition) is 4. The van der Waals surface area contributed by atoms with Crippen LogP contribution in [0.3, 0.4) is 0 Å². The predicted octanol–water partition coefficient (Wildman–Crippen LogP) is 3.99. The Morgan fingerprint density at radius 2 is 2.04 bits per heavy atom. The number of unbranched alkanes of at least 4 members (excludes halogenated alkanes) is 2. The van der Waals surface area contributed by atoms with Crippen LogP contribution >= 0.6 is 11.3 Å². The number of aromatic nitrogens is 1. The summed E-state index contributed by atoms with van der Waals surface area (Å²) in [7, 11) is 0. The second kappa shape index (κ2) is 9.77. The van der Waals surface area contributed by atoms with Crippen molar-refractivity contribution < 1.29 is 9.59 Å². The lowest BCUT2D eigenvalue weighted by Gasteiger charge is -2.29. The zero-order chi connectivity index (χ0) is 17.4. The van der Waals surface area contributed by atoms with Crippen molar-refractivity contribution in [1.82, 2.24) is 9.88 Å². The molecule has 0 spiro atoms. The highest BCUT2D eigenvalue weighted by atomic mass is 32.1. The van der Waals surface area contributed by atoms with Crippen LogP contribution in [0.25, 0.3) is 0 Å². The summed E-state index contributed by atoms with van der Waals surface area (Å²) in [5.41, 5.74) is 0.897. The summed E-state index contributed by atoms with van der Waals surface area (Å²) >= 11 is 1.42. The van der Waals surface area contributed by atoms with Crippen molar-refractivity contribution in [2.75, 3.05) is 18.4 Å². The average molecular weight is 352 g/mol. The van der Waals surface area contributed by atoms with Crippen LogP contribution < -0.4 is 5.32 Å². The van der Waals surface area contributed by atoms with Crippen LogP contribution in [-0.4, -0.2) is 34.8 Å². The number of thiazole rings is 1. The van der Waals surface area contributed by atoms with E-state index in [1.165, 1.54) is 17.8 Å². The molecule has 134 valence electrons. The minimum absolute atomic E-state index is 0.107. The van der Waals surface area contributed by atoms with Crippen LogP contribution in [0.2, 0.25) is 0 Å². The molecule has 0 aromatic carbocycles. The van der Waals surface area contributed by atoms with Gasteiger partial charge in [0.2, 0.25) is 11.8 Å². The maximum absolute atomic E-state index is 12.8. The summed E-state index contributed by atoms with van der Waals surface area (Å²) in [6, 6.07) is 0. The fourth-order valence-corrected chi connectivity index (χ4v) is 3.88. The van der Waals surface area contributed by atoms with E-state index in [9.17, 15) is 9.59 Å². The molecular weight excluding hydrogens is 322 g/mol. The lowest BCUT2D eigenvalue weighted by atomic mass is 9.88. The molecule has 0 radical (unpaired) electrons. The maximum atomic E-state index is 12.8. The average Bonchev–Trinajstić information content (AvgIpc) is 2.99. The third kappa shape index (κ3) is 5.89. The Labute approximate surface area is 148 Å². The first-order valence-electron chi connectivity index (χ1n) is 9.11. The van der Waals surface area contributed by atoms with Gasteiger partial charge in [-0.2, -0.15) is 0 Å². The van der Waals surface area contributed by atoms with E-state index in [0.717, 1.165) is 50.6 Å². The molecule has 2 rings (SSSR count). The SMILES string of the molecule is CCCCCN(CC(=O)Nc1nc(C)cs1)C(=O)C1CCCCC1. The molecule has 5 nitrogen and oxygen atoms in total. The van der Waals surface area contributed by atoms with Crippen LogP contribution in [0.5, 0.6) is 0 Å². The summed E-state index contributed by atoms with van der Waals surface area (Å²) in [6.45, 7) is 4.85. The van der Waals surface area contributed by atoms with E-state index in [1.807, 2.05) is 12.3 Å². The summed E-state index contributed by atoms with van der Waals surface area (Å²) in [4.78, 5) is 31.1. The molecule has 6 heteroatoms. The largest absolute Gasteiger partial charge is 0.333 e. The lowest BCUT2D eigenvalue weighted by molar-refractivity contribution is -0.139. The van der Waals surface area contributed by atoms with Gasteiger partial charge in [-0.1, -0.05) is 39.0 Å². The molecule has 0 aliphatic heterocycles. The van der Waals surface area contributed by atoms with E-state index in [2.05, 4.69) is 17.2 Å². The predicted molar refractivity (Wildman–Crippen MR) is 98.2 cm³/mol. The molecule has 24 heavy (non-hydrogen) atoms. The highest BCUT2D eigenvalue weighted by Crippen LogP contribution is 2.25. The van der Waals surface area contributed by atoms with Crippen LogP contribution in [0.1, 0.15) is 64.0 Å². The van der Waals surface area contributed by atoms with Crippen molar-refractivity contribution in [2.24, 2.45) is 5.92 Å². The van der Waals surface area contributed by atoms with Crippen LogP contribution in [0.15, 0.2) is 5.38 Å². The maximum Gasteiger partial charge on any atom is 0.245 e. The highest BCUT2D eigenvalue weighted by molar-refractivity contribution is 7.13. The summed E-state index contributed by atoms with van der Waals surface area (Å²) < 4.78 is 0. The van der Waals surface area contributed by atoms with Gasteiger partial charge in [-0.3, -0.25) is 9.59 Å². The minimum Gasteiger partial charge on any atom is -0.333 e. The molecule has 1 aliphatic rings. The van der Waals surface area contributed by atoms with E-state index in [1.54, 1.807) is 4.90 Å². The molecule has 1 fully saturated rings. The molecule has 1 heterocycles. The Morgan fingerprint density at radius 3 is 2.67 bits per heavy atom. The number of nitrogens with zero attached hydrogens (tertiary/aromatic N) is 2. The quantitative estimate of drug-likeness (QED) is 0.720. The van der Waals surface area contributed by atoms with Crippen LogP contribution in [-0.2, 0) is 9.59 Å². The highest BCUT2D eigenvalue weighted by Gasteiger charge is 2.27. The first kappa shape index (κ1) is 18.9. The zero-order valence-electron chi connectivity index (χ0n) is 14.8. The van der Waals surface area contributed by atoms with Crippen molar-refractivity contribution in [2.45, 2.75) is 65.2 Å². The van der Waals surface area contributed by atoms with Gasteiger partial charge in [0.1, 0.15) is 0 Å². The number of anilines is 1. The number of rotatable bonds is 8. The number of carbonyl (C=O) groups excluding carboxylic acids is 2. The minimum atomic E-state index is -0.148. The van der Waals surface area contributed by atoms with Gasteiger partial charge in [0, 0.05) is 17.8 Å². The van der Waals surface area contributed by atoms with Crippen molar-refractivity contribution >= 4 is 28.3 Å². The van der Waals surface area contributed by atoms with E-state index < -0.39 is 0 Å². The number of hydrogen-bond donors (Lipinski definition) is 1. The molecular formula is C18H29N3O2S. The Balaban J connectivity index is 1.93. The Bertz CT molecular complexity index is 538. The monoisotopic (exact) mass is 351 g/mol. The summed E-state index contributed by atoms with van der Waals surface area (Å²) in [6.07, 6.45) is 8.57. The number of amides is 2.